The first kappa shape index (κ1) is 45.0. The van der Waals surface area contributed by atoms with Crippen LogP contribution in [-0.4, -0.2) is 59.7 Å². The van der Waals surface area contributed by atoms with Crippen molar-refractivity contribution >= 4 is 5.97 Å². The number of unbranched alkanes of at least 4 members (excludes halogenated alkanes) is 11. The Bertz CT molecular complexity index is 975. The van der Waals surface area contributed by atoms with E-state index in [1.807, 2.05) is 12.2 Å². The summed E-state index contributed by atoms with van der Waals surface area (Å²) in [5.74, 6) is -59.0. The quantitative estimate of drug-likeness (QED) is 0.0453. The zero-order valence-corrected chi connectivity index (χ0v) is 25.4. The fraction of sp³-hybridized carbons (Fsp3) is 0.893. The van der Waals surface area contributed by atoms with Gasteiger partial charge in [-0.05, 0) is 39.0 Å². The minimum absolute atomic E-state index is 0.121. The van der Waals surface area contributed by atoms with Crippen molar-refractivity contribution in [1.82, 2.24) is 0 Å². The Balaban J connectivity index is 5.15. The van der Waals surface area contributed by atoms with E-state index in [0.717, 1.165) is 38.5 Å². The number of alkyl halides is 17. The van der Waals surface area contributed by atoms with Crippen molar-refractivity contribution in [3.63, 3.8) is 0 Å². The summed E-state index contributed by atoms with van der Waals surface area (Å²) in [5, 5.41) is 0. The third-order valence-electron chi connectivity index (χ3n) is 7.21. The van der Waals surface area contributed by atoms with Gasteiger partial charge in [-0.3, -0.25) is 4.79 Å². The van der Waals surface area contributed by atoms with Gasteiger partial charge in [0.05, 0.1) is 0 Å². The number of hydrogen-bond acceptors (Lipinski definition) is 2. The Kier molecular flexibility index (Phi) is 16.4. The van der Waals surface area contributed by atoms with Crippen molar-refractivity contribution in [3.8, 4) is 0 Å². The Morgan fingerprint density at radius 3 is 1.26 bits per heavy atom. The molecule has 47 heavy (non-hydrogen) atoms. The van der Waals surface area contributed by atoms with E-state index < -0.39 is 66.1 Å². The molecule has 0 aliphatic carbocycles. The van der Waals surface area contributed by atoms with E-state index in [9.17, 15) is 79.4 Å². The first-order valence-corrected chi connectivity index (χ1v) is 14.7. The monoisotopic (exact) mass is 728 g/mol. The van der Waals surface area contributed by atoms with Gasteiger partial charge in [0.15, 0.2) is 6.10 Å². The first-order chi connectivity index (χ1) is 21.1. The molecule has 0 fully saturated rings. The number of hydrogen-bond donors (Lipinski definition) is 0. The number of allylic oxidation sites excluding steroid dienone is 2. The van der Waals surface area contributed by atoms with Crippen LogP contribution in [0.15, 0.2) is 12.2 Å². The van der Waals surface area contributed by atoms with E-state index in [4.69, 9.17) is 0 Å². The predicted octanol–water partition coefficient (Wildman–Crippen LogP) is 12.0. The lowest BCUT2D eigenvalue weighted by atomic mass is 9.88. The fourth-order valence-corrected chi connectivity index (χ4v) is 4.10. The zero-order chi connectivity index (χ0) is 37.2. The molecular weight excluding hydrogens is 691 g/mol. The molecule has 19 heteroatoms. The van der Waals surface area contributed by atoms with E-state index in [1.165, 1.54) is 19.3 Å². The van der Waals surface area contributed by atoms with Gasteiger partial charge < -0.3 is 4.74 Å². The van der Waals surface area contributed by atoms with Gasteiger partial charge in [0, 0.05) is 6.42 Å². The highest BCUT2D eigenvalue weighted by Gasteiger charge is 2.95. The van der Waals surface area contributed by atoms with Crippen LogP contribution in [-0.2, 0) is 9.53 Å². The summed E-state index contributed by atoms with van der Waals surface area (Å²) >= 11 is 0. The summed E-state index contributed by atoms with van der Waals surface area (Å²) in [5.41, 5.74) is 0. The maximum atomic E-state index is 14.2. The summed E-state index contributed by atoms with van der Waals surface area (Å²) in [4.78, 5) is 11.7. The Morgan fingerprint density at radius 2 is 0.851 bits per heavy atom. The van der Waals surface area contributed by atoms with Crippen LogP contribution >= 0.6 is 0 Å². The molecule has 0 aliphatic heterocycles. The number of carbonyl (C=O) groups is 1. The number of esters is 1. The summed E-state index contributed by atoms with van der Waals surface area (Å²) in [6, 6.07) is 0. The molecule has 0 rings (SSSR count). The van der Waals surface area contributed by atoms with Gasteiger partial charge in [-0.1, -0.05) is 70.4 Å². The number of rotatable bonds is 23. The van der Waals surface area contributed by atoms with Gasteiger partial charge in [-0.15, -0.1) is 0 Å². The van der Waals surface area contributed by atoms with Crippen LogP contribution in [0.2, 0.25) is 0 Å². The summed E-state index contributed by atoms with van der Waals surface area (Å²) in [7, 11) is 0. The van der Waals surface area contributed by atoms with Crippen molar-refractivity contribution < 1.29 is 84.2 Å². The van der Waals surface area contributed by atoms with Crippen molar-refractivity contribution in [3.05, 3.63) is 12.2 Å². The van der Waals surface area contributed by atoms with E-state index in [-0.39, 0.29) is 19.8 Å². The molecule has 0 radical (unpaired) electrons. The topological polar surface area (TPSA) is 26.3 Å². The number of ether oxygens (including phenoxy) is 1. The molecule has 0 amide bonds. The van der Waals surface area contributed by atoms with Crippen molar-refractivity contribution in [2.75, 3.05) is 0 Å². The minimum atomic E-state index is -8.70. The normalized spacial score (nSPS) is 15.4. The van der Waals surface area contributed by atoms with Crippen molar-refractivity contribution in [2.24, 2.45) is 0 Å². The standard InChI is InChI=1S/C28H37F17O2/c1-3-4-5-6-7-8-9-10-11-12-13-14-15-16-17-18-20(46)47-19(2)21(29,30)22(31,32)23(33,34)24(35,36)25(37,38)26(39,40)27(41,42)28(43,44)45/h10-11,19H,3-9,12-18H2,1-2H3/b11-10-. The van der Waals surface area contributed by atoms with Gasteiger partial charge in [-0.25, -0.2) is 0 Å². The maximum absolute atomic E-state index is 14.2. The van der Waals surface area contributed by atoms with Crippen LogP contribution in [0, 0.1) is 0 Å². The minimum Gasteiger partial charge on any atom is -0.456 e. The largest absolute Gasteiger partial charge is 0.460 e. The van der Waals surface area contributed by atoms with E-state index >= 15 is 0 Å². The molecule has 0 aromatic rings. The van der Waals surface area contributed by atoms with Crippen LogP contribution in [0.4, 0.5) is 74.6 Å². The lowest BCUT2D eigenvalue weighted by molar-refractivity contribution is -0.463. The molecule has 0 N–H and O–H groups in total. The van der Waals surface area contributed by atoms with E-state index in [2.05, 4.69) is 11.7 Å². The van der Waals surface area contributed by atoms with Gasteiger partial charge in [0.1, 0.15) is 0 Å². The first-order valence-electron chi connectivity index (χ1n) is 14.7. The molecule has 0 aromatic carbocycles. The van der Waals surface area contributed by atoms with Crippen LogP contribution in [0.5, 0.6) is 0 Å². The van der Waals surface area contributed by atoms with Gasteiger partial charge in [-0.2, -0.15) is 74.6 Å². The summed E-state index contributed by atoms with van der Waals surface area (Å²) in [6.45, 7) is 1.83. The van der Waals surface area contributed by atoms with E-state index in [1.54, 1.807) is 0 Å². The average Bonchev–Trinajstić information content (AvgIpc) is 2.93. The van der Waals surface area contributed by atoms with Crippen molar-refractivity contribution in [2.45, 2.75) is 157 Å². The molecule has 0 spiro atoms. The smallest absolute Gasteiger partial charge is 0.456 e. The molecule has 0 aromatic heterocycles. The lowest BCUT2D eigenvalue weighted by Crippen LogP contribution is -2.75. The Hall–Kier alpha value is -1.98. The molecule has 0 heterocycles. The highest BCUT2D eigenvalue weighted by atomic mass is 19.4. The van der Waals surface area contributed by atoms with Crippen LogP contribution < -0.4 is 0 Å². The summed E-state index contributed by atoms with van der Waals surface area (Å²) < 4.78 is 232. The van der Waals surface area contributed by atoms with Gasteiger partial charge in [0.2, 0.25) is 0 Å². The molecule has 2 nitrogen and oxygen atoms in total. The predicted molar refractivity (Wildman–Crippen MR) is 136 cm³/mol. The SMILES string of the molecule is CCCCCCCC/C=C\CCCCCCCC(=O)OC(C)C(F)(F)C(F)(F)C(F)(F)C(F)(F)C(F)(F)C(F)(F)C(F)(F)C(F)(F)F. The van der Waals surface area contributed by atoms with Gasteiger partial charge >= 0.3 is 53.6 Å². The zero-order valence-electron chi connectivity index (χ0n) is 25.4. The Labute approximate surface area is 260 Å². The lowest BCUT2D eigenvalue weighted by Gasteiger charge is -2.43. The van der Waals surface area contributed by atoms with Crippen LogP contribution in [0.1, 0.15) is 104 Å². The van der Waals surface area contributed by atoms with E-state index in [0.29, 0.717) is 12.8 Å². The molecule has 1 atom stereocenters. The third-order valence-corrected chi connectivity index (χ3v) is 7.21. The number of carbonyl (C=O) groups excluding carboxylic acids is 1. The Morgan fingerprint density at radius 1 is 0.511 bits per heavy atom. The summed E-state index contributed by atoms with van der Waals surface area (Å²) in [6.07, 6.45) is 2.21. The number of halogens is 17. The average molecular weight is 729 g/mol. The molecule has 0 saturated carbocycles. The highest BCUT2D eigenvalue weighted by molar-refractivity contribution is 5.69. The van der Waals surface area contributed by atoms with Crippen LogP contribution in [0.3, 0.4) is 0 Å². The molecular formula is C28H37F17O2. The molecule has 0 bridgehead atoms. The second-order valence-electron chi connectivity index (χ2n) is 11.0. The van der Waals surface area contributed by atoms with Crippen LogP contribution in [0.25, 0.3) is 0 Å². The second-order valence-corrected chi connectivity index (χ2v) is 11.0. The molecule has 0 aliphatic rings. The molecule has 1 unspecified atom stereocenters. The van der Waals surface area contributed by atoms with Gasteiger partial charge in [0.25, 0.3) is 0 Å². The fourth-order valence-electron chi connectivity index (χ4n) is 4.10. The maximum Gasteiger partial charge on any atom is 0.460 e. The second kappa shape index (κ2) is 17.1. The third kappa shape index (κ3) is 10.0. The molecule has 0 saturated heterocycles. The molecule has 280 valence electrons. The van der Waals surface area contributed by atoms with Crippen molar-refractivity contribution in [1.29, 1.82) is 0 Å². The highest BCUT2D eigenvalue weighted by Crippen LogP contribution is 2.64.